The average Bonchev–Trinajstić information content (AvgIpc) is 3.06. The molecule has 0 unspecified atom stereocenters. The average molecular weight is 393 g/mol. The highest BCUT2D eigenvalue weighted by atomic mass is 79.9. The van der Waals surface area contributed by atoms with Gasteiger partial charge in [-0.2, -0.15) is 5.10 Å². The first kappa shape index (κ1) is 17.8. The summed E-state index contributed by atoms with van der Waals surface area (Å²) in [6.07, 6.45) is 4.92. The Labute approximate surface area is 148 Å². The van der Waals surface area contributed by atoms with Gasteiger partial charge in [-0.15, -0.1) is 0 Å². The maximum Gasteiger partial charge on any atom is 0.277 e. The van der Waals surface area contributed by atoms with Crippen LogP contribution in [0.25, 0.3) is 6.08 Å². The molecule has 1 aromatic carbocycles. The summed E-state index contributed by atoms with van der Waals surface area (Å²) >= 11 is 3.34. The smallest absolute Gasteiger partial charge is 0.277 e. The molecule has 0 atom stereocenters. The fourth-order valence-electron chi connectivity index (χ4n) is 1.78. The Morgan fingerprint density at radius 1 is 1.38 bits per heavy atom. The van der Waals surface area contributed by atoms with E-state index in [1.165, 1.54) is 13.3 Å². The largest absolute Gasteiger partial charge is 0.493 e. The van der Waals surface area contributed by atoms with Crippen LogP contribution in [0, 0.1) is 0 Å². The molecule has 0 aliphatic carbocycles. The maximum absolute atomic E-state index is 11.7. The van der Waals surface area contributed by atoms with Crippen LogP contribution in [0.2, 0.25) is 0 Å². The molecule has 1 N–H and O–H groups in total. The summed E-state index contributed by atoms with van der Waals surface area (Å²) in [5.74, 6) is 1.37. The van der Waals surface area contributed by atoms with E-state index in [1.807, 2.05) is 13.0 Å². The van der Waals surface area contributed by atoms with Crippen LogP contribution < -0.4 is 14.9 Å². The van der Waals surface area contributed by atoms with Gasteiger partial charge in [-0.3, -0.25) is 4.79 Å². The maximum atomic E-state index is 11.7. The predicted molar refractivity (Wildman–Crippen MR) is 95.2 cm³/mol. The number of carbonyl (C=O) groups excluding carboxylic acids is 1. The van der Waals surface area contributed by atoms with Gasteiger partial charge in [0.25, 0.3) is 5.91 Å². The van der Waals surface area contributed by atoms with Gasteiger partial charge in [-0.25, -0.2) is 5.43 Å². The van der Waals surface area contributed by atoms with Gasteiger partial charge in [0.1, 0.15) is 5.76 Å². The lowest BCUT2D eigenvalue weighted by atomic mass is 10.3. The zero-order chi connectivity index (χ0) is 17.4. The van der Waals surface area contributed by atoms with Crippen molar-refractivity contribution in [3.8, 4) is 11.5 Å². The van der Waals surface area contributed by atoms with Crippen molar-refractivity contribution in [1.82, 2.24) is 5.43 Å². The van der Waals surface area contributed by atoms with Crippen LogP contribution in [0.1, 0.15) is 12.7 Å². The highest BCUT2D eigenvalue weighted by molar-refractivity contribution is 9.10. The van der Waals surface area contributed by atoms with E-state index in [9.17, 15) is 4.79 Å². The Morgan fingerprint density at radius 3 is 2.92 bits per heavy atom. The van der Waals surface area contributed by atoms with Gasteiger partial charge < -0.3 is 13.9 Å². The molecular formula is C17H17BrN2O4. The molecule has 0 spiro atoms. The normalized spacial score (nSPS) is 11.5. The number of nitrogens with one attached hydrogen (secondary N) is 1. The summed E-state index contributed by atoms with van der Waals surface area (Å²) in [7, 11) is 1.53. The van der Waals surface area contributed by atoms with Gasteiger partial charge in [0.05, 0.1) is 19.6 Å². The third-order valence-corrected chi connectivity index (χ3v) is 3.35. The summed E-state index contributed by atoms with van der Waals surface area (Å²) < 4.78 is 16.7. The third kappa shape index (κ3) is 5.58. The summed E-state index contributed by atoms with van der Waals surface area (Å²) in [5, 5.41) is 3.87. The number of hydrazone groups is 1. The van der Waals surface area contributed by atoms with Crippen LogP contribution in [0.3, 0.4) is 0 Å². The Hall–Kier alpha value is -2.54. The number of benzene rings is 1. The summed E-state index contributed by atoms with van der Waals surface area (Å²) in [6.45, 7) is 1.68. The molecule has 0 bridgehead atoms. The molecule has 0 saturated carbocycles. The number of methoxy groups -OCH3 is 1. The quantitative estimate of drug-likeness (QED) is 0.576. The lowest BCUT2D eigenvalue weighted by molar-refractivity contribution is -0.123. The van der Waals surface area contributed by atoms with Gasteiger partial charge in [0.15, 0.2) is 18.1 Å². The standard InChI is InChI=1S/C17H17BrN2O4/c1-12(8-14-4-3-7-23-14)10-19-20-17(21)11-24-15-6-5-13(18)9-16(15)22-2/h3-10H,11H2,1-2H3,(H,20,21)/b12-8+,19-10+. The van der Waals surface area contributed by atoms with Crippen molar-refractivity contribution in [2.45, 2.75) is 6.92 Å². The van der Waals surface area contributed by atoms with Crippen LogP contribution in [-0.4, -0.2) is 25.8 Å². The molecule has 126 valence electrons. The van der Waals surface area contributed by atoms with Crippen LogP contribution in [0.15, 0.2) is 56.2 Å². The second-order valence-electron chi connectivity index (χ2n) is 4.78. The molecule has 6 nitrogen and oxygen atoms in total. The van der Waals surface area contributed by atoms with Crippen molar-refractivity contribution in [1.29, 1.82) is 0 Å². The van der Waals surface area contributed by atoms with Gasteiger partial charge in [0, 0.05) is 4.47 Å². The minimum Gasteiger partial charge on any atom is -0.493 e. The summed E-state index contributed by atoms with van der Waals surface area (Å²) in [5.41, 5.74) is 3.23. The number of halogens is 1. The molecule has 24 heavy (non-hydrogen) atoms. The lowest BCUT2D eigenvalue weighted by Gasteiger charge is -2.10. The number of hydrogen-bond acceptors (Lipinski definition) is 5. The fraction of sp³-hybridized carbons (Fsp3) is 0.176. The molecule has 0 fully saturated rings. The number of allylic oxidation sites excluding steroid dienone is 1. The number of ether oxygens (including phenoxy) is 2. The SMILES string of the molecule is COc1cc(Br)ccc1OCC(=O)N/N=C/C(C)=C/c1ccco1. The van der Waals surface area contributed by atoms with E-state index in [0.29, 0.717) is 11.5 Å². The van der Waals surface area contributed by atoms with Gasteiger partial charge in [-0.1, -0.05) is 15.9 Å². The molecule has 0 aliphatic rings. The van der Waals surface area contributed by atoms with Crippen LogP contribution >= 0.6 is 15.9 Å². The van der Waals surface area contributed by atoms with E-state index in [2.05, 4.69) is 26.5 Å². The molecule has 1 amide bonds. The minimum absolute atomic E-state index is 0.170. The molecule has 0 aliphatic heterocycles. The van der Waals surface area contributed by atoms with Gasteiger partial charge >= 0.3 is 0 Å². The van der Waals surface area contributed by atoms with Gasteiger partial charge in [0.2, 0.25) is 0 Å². The number of amides is 1. The predicted octanol–water partition coefficient (Wildman–Crippen LogP) is 3.64. The highest BCUT2D eigenvalue weighted by Crippen LogP contribution is 2.29. The zero-order valence-electron chi connectivity index (χ0n) is 13.3. The lowest BCUT2D eigenvalue weighted by Crippen LogP contribution is -2.24. The van der Waals surface area contributed by atoms with Crippen molar-refractivity contribution in [2.75, 3.05) is 13.7 Å². The van der Waals surface area contributed by atoms with E-state index in [0.717, 1.165) is 15.8 Å². The van der Waals surface area contributed by atoms with Gasteiger partial charge in [-0.05, 0) is 48.9 Å². The summed E-state index contributed by atoms with van der Waals surface area (Å²) in [6, 6.07) is 8.90. The Bertz CT molecular complexity index is 739. The molecule has 0 saturated heterocycles. The molecular weight excluding hydrogens is 376 g/mol. The van der Waals surface area contributed by atoms with Crippen molar-refractivity contribution in [2.24, 2.45) is 5.10 Å². The second kappa shape index (κ2) is 8.93. The Balaban J connectivity index is 1.82. The number of carbonyl (C=O) groups is 1. The highest BCUT2D eigenvalue weighted by Gasteiger charge is 2.07. The minimum atomic E-state index is -0.373. The van der Waals surface area contributed by atoms with Crippen molar-refractivity contribution in [3.63, 3.8) is 0 Å². The molecule has 7 heteroatoms. The first-order valence-corrected chi connectivity index (χ1v) is 7.88. The van der Waals surface area contributed by atoms with Crippen molar-refractivity contribution < 1.29 is 18.7 Å². The third-order valence-electron chi connectivity index (χ3n) is 2.85. The molecule has 1 aromatic heterocycles. The second-order valence-corrected chi connectivity index (χ2v) is 5.70. The van der Waals surface area contributed by atoms with Crippen LogP contribution in [0.4, 0.5) is 0 Å². The number of rotatable bonds is 7. The monoisotopic (exact) mass is 392 g/mol. The van der Waals surface area contributed by atoms with Crippen molar-refractivity contribution >= 4 is 34.1 Å². The molecule has 2 rings (SSSR count). The Kier molecular flexibility index (Phi) is 6.62. The van der Waals surface area contributed by atoms with Crippen LogP contribution in [0.5, 0.6) is 11.5 Å². The van der Waals surface area contributed by atoms with E-state index in [4.69, 9.17) is 13.9 Å². The first-order chi connectivity index (χ1) is 11.6. The van der Waals surface area contributed by atoms with E-state index >= 15 is 0 Å². The summed E-state index contributed by atoms with van der Waals surface area (Å²) in [4.78, 5) is 11.7. The topological polar surface area (TPSA) is 73.1 Å². The van der Waals surface area contributed by atoms with Crippen LogP contribution in [-0.2, 0) is 4.79 Å². The number of nitrogens with zero attached hydrogens (tertiary/aromatic N) is 1. The molecule has 1 heterocycles. The van der Waals surface area contributed by atoms with E-state index in [-0.39, 0.29) is 12.5 Å². The Morgan fingerprint density at radius 2 is 2.21 bits per heavy atom. The van der Waals surface area contributed by atoms with E-state index < -0.39 is 0 Å². The number of hydrogen-bond donors (Lipinski definition) is 1. The zero-order valence-corrected chi connectivity index (χ0v) is 14.9. The van der Waals surface area contributed by atoms with Crippen molar-refractivity contribution in [3.05, 3.63) is 52.4 Å². The molecule has 2 aromatic rings. The molecule has 0 radical (unpaired) electrons. The first-order valence-electron chi connectivity index (χ1n) is 7.08. The van der Waals surface area contributed by atoms with E-state index in [1.54, 1.807) is 36.6 Å². The fourth-order valence-corrected chi connectivity index (χ4v) is 2.12. The number of furan rings is 1.